The van der Waals surface area contributed by atoms with E-state index in [-0.39, 0.29) is 6.61 Å². The van der Waals surface area contributed by atoms with Crippen LogP contribution in [0.25, 0.3) is 0 Å². The maximum atomic E-state index is 10.4. The third-order valence-electron chi connectivity index (χ3n) is 6.04. The van der Waals surface area contributed by atoms with Crippen molar-refractivity contribution in [2.24, 2.45) is 0 Å². The molecule has 1 aromatic heterocycles. The lowest BCUT2D eigenvalue weighted by molar-refractivity contribution is 0.179. The Morgan fingerprint density at radius 2 is 1.48 bits per heavy atom. The average Bonchev–Trinajstić information content (AvgIpc) is 3.35. The Morgan fingerprint density at radius 3 is 2.09 bits per heavy atom. The van der Waals surface area contributed by atoms with E-state index in [4.69, 9.17) is 9.52 Å². The topological polar surface area (TPSA) is 69.7 Å². The maximum absolute atomic E-state index is 10.4. The lowest BCUT2D eigenvalue weighted by atomic mass is 10.0. The average molecular weight is 451 g/mol. The largest absolute Gasteiger partial charge is 0.442 e. The molecule has 0 aliphatic heterocycles. The van der Waals surface area contributed by atoms with Crippen LogP contribution >= 0.6 is 0 Å². The quantitative estimate of drug-likeness (QED) is 0.463. The Hall–Kier alpha value is -2.47. The second kappa shape index (κ2) is 13.9. The molecule has 1 unspecified atom stereocenters. The molecule has 1 atom stereocenters. The van der Waals surface area contributed by atoms with Gasteiger partial charge in [-0.2, -0.15) is 0 Å². The van der Waals surface area contributed by atoms with Crippen molar-refractivity contribution in [3.05, 3.63) is 89.1 Å². The van der Waals surface area contributed by atoms with Gasteiger partial charge in [0.1, 0.15) is 5.76 Å². The highest BCUT2D eigenvalue weighted by atomic mass is 16.4. The fourth-order valence-corrected chi connectivity index (χ4v) is 4.04. The first-order valence-electron chi connectivity index (χ1n) is 12.2. The number of aliphatic hydroxyl groups is 2. The summed E-state index contributed by atoms with van der Waals surface area (Å²) in [6, 6.07) is 17.7. The van der Waals surface area contributed by atoms with Gasteiger partial charge in [-0.05, 0) is 30.2 Å². The third kappa shape index (κ3) is 8.77. The molecule has 4 rings (SSSR count). The van der Waals surface area contributed by atoms with Gasteiger partial charge in [-0.1, -0.05) is 93.1 Å². The molecule has 0 bridgehead atoms. The summed E-state index contributed by atoms with van der Waals surface area (Å²) >= 11 is 0. The zero-order valence-corrected chi connectivity index (χ0v) is 19.8. The molecule has 5 heteroatoms. The SMILES string of the molecule is C1CCCCC1.CN(CCc1cnc(C(O)c2ccccc2)o1)Cc1ccc(CCO)cc1. The van der Waals surface area contributed by atoms with Crippen LogP contribution in [0.5, 0.6) is 0 Å². The molecule has 2 N–H and O–H groups in total. The first kappa shape index (κ1) is 25.2. The summed E-state index contributed by atoms with van der Waals surface area (Å²) < 4.78 is 5.73. The van der Waals surface area contributed by atoms with E-state index in [1.54, 1.807) is 6.20 Å². The molecular formula is C28H38N2O3. The van der Waals surface area contributed by atoms with E-state index >= 15 is 0 Å². The molecule has 1 saturated carbocycles. The van der Waals surface area contributed by atoms with Gasteiger partial charge in [-0.3, -0.25) is 0 Å². The van der Waals surface area contributed by atoms with Crippen molar-refractivity contribution in [2.45, 2.75) is 64.0 Å². The van der Waals surface area contributed by atoms with E-state index in [0.29, 0.717) is 12.3 Å². The van der Waals surface area contributed by atoms with E-state index in [0.717, 1.165) is 36.4 Å². The van der Waals surface area contributed by atoms with Crippen molar-refractivity contribution in [1.82, 2.24) is 9.88 Å². The molecule has 33 heavy (non-hydrogen) atoms. The Bertz CT molecular complexity index is 893. The van der Waals surface area contributed by atoms with Gasteiger partial charge in [-0.25, -0.2) is 4.98 Å². The number of hydrogen-bond acceptors (Lipinski definition) is 5. The van der Waals surface area contributed by atoms with Crippen molar-refractivity contribution in [2.75, 3.05) is 20.2 Å². The molecule has 0 amide bonds. The number of rotatable bonds is 9. The molecule has 2 aromatic carbocycles. The molecule has 0 spiro atoms. The molecule has 178 valence electrons. The van der Waals surface area contributed by atoms with Gasteiger partial charge in [0.2, 0.25) is 5.89 Å². The lowest BCUT2D eigenvalue weighted by Gasteiger charge is -2.16. The molecule has 1 heterocycles. The summed E-state index contributed by atoms with van der Waals surface area (Å²) in [5.41, 5.74) is 3.15. The number of likely N-dealkylation sites (N-methyl/N-ethyl adjacent to an activating group) is 1. The highest BCUT2D eigenvalue weighted by molar-refractivity contribution is 5.23. The molecule has 1 aliphatic carbocycles. The van der Waals surface area contributed by atoms with E-state index in [9.17, 15) is 5.11 Å². The van der Waals surface area contributed by atoms with Gasteiger partial charge in [0.15, 0.2) is 6.10 Å². The van der Waals surface area contributed by atoms with Crippen molar-refractivity contribution >= 4 is 0 Å². The summed E-state index contributed by atoms with van der Waals surface area (Å²) in [7, 11) is 2.07. The minimum Gasteiger partial charge on any atom is -0.442 e. The second-order valence-electron chi connectivity index (χ2n) is 8.88. The van der Waals surface area contributed by atoms with Crippen LogP contribution in [0.1, 0.15) is 73.0 Å². The Labute approximate surface area is 198 Å². The van der Waals surface area contributed by atoms with Gasteiger partial charge < -0.3 is 19.5 Å². The number of oxazole rings is 1. The molecule has 5 nitrogen and oxygen atoms in total. The smallest absolute Gasteiger partial charge is 0.227 e. The van der Waals surface area contributed by atoms with Crippen LogP contribution in [0, 0.1) is 0 Å². The molecule has 0 saturated heterocycles. The first-order valence-corrected chi connectivity index (χ1v) is 12.2. The maximum Gasteiger partial charge on any atom is 0.227 e. The van der Waals surface area contributed by atoms with Crippen molar-refractivity contribution in [1.29, 1.82) is 0 Å². The van der Waals surface area contributed by atoms with Crippen LogP contribution in [-0.2, 0) is 19.4 Å². The van der Waals surface area contributed by atoms with E-state index < -0.39 is 6.10 Å². The number of benzene rings is 2. The normalized spacial score (nSPS) is 14.5. The number of aromatic nitrogens is 1. The van der Waals surface area contributed by atoms with Gasteiger partial charge in [0, 0.05) is 26.1 Å². The van der Waals surface area contributed by atoms with Crippen LogP contribution < -0.4 is 0 Å². The van der Waals surface area contributed by atoms with Crippen LogP contribution in [0.2, 0.25) is 0 Å². The van der Waals surface area contributed by atoms with E-state index in [1.807, 2.05) is 30.3 Å². The lowest BCUT2D eigenvalue weighted by Crippen LogP contribution is -2.20. The van der Waals surface area contributed by atoms with Gasteiger partial charge in [-0.15, -0.1) is 0 Å². The Balaban J connectivity index is 0.000000442. The fourth-order valence-electron chi connectivity index (χ4n) is 4.04. The highest BCUT2D eigenvalue weighted by Crippen LogP contribution is 2.21. The number of nitrogens with zero attached hydrogens (tertiary/aromatic N) is 2. The van der Waals surface area contributed by atoms with E-state index in [1.165, 1.54) is 44.1 Å². The minimum atomic E-state index is -0.838. The molecule has 1 aliphatic rings. The minimum absolute atomic E-state index is 0.178. The van der Waals surface area contributed by atoms with Crippen molar-refractivity contribution in [3.8, 4) is 0 Å². The Morgan fingerprint density at radius 1 is 0.879 bits per heavy atom. The summed E-state index contributed by atoms with van der Waals surface area (Å²) in [5.74, 6) is 1.10. The van der Waals surface area contributed by atoms with Crippen LogP contribution in [-0.4, -0.2) is 40.3 Å². The van der Waals surface area contributed by atoms with Gasteiger partial charge in [0.05, 0.1) is 6.20 Å². The monoisotopic (exact) mass is 450 g/mol. The Kier molecular flexibility index (Phi) is 10.6. The van der Waals surface area contributed by atoms with E-state index in [2.05, 4.69) is 41.2 Å². The number of aliphatic hydroxyl groups excluding tert-OH is 2. The van der Waals surface area contributed by atoms with Crippen molar-refractivity contribution < 1.29 is 14.6 Å². The predicted octanol–water partition coefficient (Wildman–Crippen LogP) is 5.31. The zero-order chi connectivity index (χ0) is 23.3. The van der Waals surface area contributed by atoms with Crippen LogP contribution in [0.4, 0.5) is 0 Å². The standard InChI is InChI=1S/C22H26N2O3.C6H12/c1-24(16-18-9-7-17(8-10-18)12-14-25)13-11-20-15-23-22(27-20)21(26)19-5-3-2-4-6-19;1-2-4-6-5-3-1/h2-10,15,21,25-26H,11-14,16H2,1H3;1-6H2. The summed E-state index contributed by atoms with van der Waals surface area (Å²) in [6.45, 7) is 1.85. The molecule has 1 fully saturated rings. The van der Waals surface area contributed by atoms with Gasteiger partial charge >= 0.3 is 0 Å². The van der Waals surface area contributed by atoms with Crippen molar-refractivity contribution in [3.63, 3.8) is 0 Å². The highest BCUT2D eigenvalue weighted by Gasteiger charge is 2.16. The molecule has 0 radical (unpaired) electrons. The molecule has 3 aromatic rings. The first-order chi connectivity index (χ1) is 16.2. The number of hydrogen-bond donors (Lipinski definition) is 2. The molecular weight excluding hydrogens is 412 g/mol. The van der Waals surface area contributed by atoms with Crippen LogP contribution in [0.15, 0.2) is 65.2 Å². The van der Waals surface area contributed by atoms with Gasteiger partial charge in [0.25, 0.3) is 0 Å². The zero-order valence-electron chi connectivity index (χ0n) is 19.8. The fraction of sp³-hybridized carbons (Fsp3) is 0.464. The third-order valence-corrected chi connectivity index (χ3v) is 6.04. The second-order valence-corrected chi connectivity index (χ2v) is 8.88. The summed E-state index contributed by atoms with van der Waals surface area (Å²) in [4.78, 5) is 6.45. The predicted molar refractivity (Wildman–Crippen MR) is 132 cm³/mol. The van der Waals surface area contributed by atoms with Crippen LogP contribution in [0.3, 0.4) is 0 Å². The summed E-state index contributed by atoms with van der Waals surface area (Å²) in [6.07, 6.45) is 11.3. The summed E-state index contributed by atoms with van der Waals surface area (Å²) in [5, 5.41) is 19.3.